The van der Waals surface area contributed by atoms with E-state index in [1.54, 1.807) is 13.1 Å². The number of hydrogen-bond donors (Lipinski definition) is 2. The number of nitrogens with one attached hydrogen (secondary N) is 1. The molecule has 1 aromatic carbocycles. The molecule has 0 spiro atoms. The highest BCUT2D eigenvalue weighted by Gasteiger charge is 2.10. The molecule has 2 N–H and O–H groups in total. The second kappa shape index (κ2) is 7.36. The third kappa shape index (κ3) is 4.78. The zero-order valence-corrected chi connectivity index (χ0v) is 11.6. The first-order chi connectivity index (χ1) is 9.43. The van der Waals surface area contributed by atoms with Crippen LogP contribution in [0.2, 0.25) is 5.02 Å². The molecule has 6 nitrogen and oxygen atoms in total. The second-order valence-electron chi connectivity index (χ2n) is 4.16. The SMILES string of the molecule is CN(CCCC(=O)O)C(=O)Nc1ccc(C#N)c(Cl)c1. The van der Waals surface area contributed by atoms with Crippen LogP contribution in [-0.4, -0.2) is 35.6 Å². The van der Waals surface area contributed by atoms with Gasteiger partial charge in [-0.15, -0.1) is 0 Å². The summed E-state index contributed by atoms with van der Waals surface area (Å²) in [5, 5.41) is 20.1. The summed E-state index contributed by atoms with van der Waals surface area (Å²) < 4.78 is 0. The summed E-state index contributed by atoms with van der Waals surface area (Å²) in [6.07, 6.45) is 0.397. The Morgan fingerprint density at radius 3 is 2.75 bits per heavy atom. The van der Waals surface area contributed by atoms with Crippen molar-refractivity contribution in [3.63, 3.8) is 0 Å². The van der Waals surface area contributed by atoms with E-state index in [1.165, 1.54) is 17.0 Å². The van der Waals surface area contributed by atoms with Gasteiger partial charge in [0.15, 0.2) is 0 Å². The molecule has 0 aliphatic rings. The molecule has 106 valence electrons. The van der Waals surface area contributed by atoms with E-state index in [2.05, 4.69) is 5.32 Å². The molecule has 20 heavy (non-hydrogen) atoms. The Balaban J connectivity index is 2.55. The molecule has 0 bridgehead atoms. The number of carboxylic acid groups (broad SMARTS) is 1. The third-order valence-corrected chi connectivity index (χ3v) is 2.88. The number of aliphatic carboxylic acids is 1. The fourth-order valence-electron chi connectivity index (χ4n) is 1.47. The van der Waals surface area contributed by atoms with Crippen molar-refractivity contribution in [3.05, 3.63) is 28.8 Å². The summed E-state index contributed by atoms with van der Waals surface area (Å²) in [7, 11) is 1.57. The van der Waals surface area contributed by atoms with Crippen LogP contribution < -0.4 is 5.32 Å². The van der Waals surface area contributed by atoms with E-state index >= 15 is 0 Å². The molecular formula is C13H14ClN3O3. The van der Waals surface area contributed by atoms with Crippen molar-refractivity contribution in [3.8, 4) is 6.07 Å². The van der Waals surface area contributed by atoms with Gasteiger partial charge in [-0.05, 0) is 24.6 Å². The van der Waals surface area contributed by atoms with Crippen molar-refractivity contribution in [2.24, 2.45) is 0 Å². The summed E-state index contributed by atoms with van der Waals surface area (Å²) in [6, 6.07) is 6.14. The lowest BCUT2D eigenvalue weighted by Crippen LogP contribution is -2.32. The predicted octanol–water partition coefficient (Wildman–Crippen LogP) is 2.54. The van der Waals surface area contributed by atoms with Crippen LogP contribution in [0.3, 0.4) is 0 Å². The Morgan fingerprint density at radius 2 is 2.20 bits per heavy atom. The van der Waals surface area contributed by atoms with Gasteiger partial charge in [0.1, 0.15) is 6.07 Å². The van der Waals surface area contributed by atoms with Crippen LogP contribution in [0.5, 0.6) is 0 Å². The van der Waals surface area contributed by atoms with Gasteiger partial charge in [-0.3, -0.25) is 4.79 Å². The van der Waals surface area contributed by atoms with Crippen LogP contribution >= 0.6 is 11.6 Å². The van der Waals surface area contributed by atoms with Crippen molar-refractivity contribution in [2.75, 3.05) is 18.9 Å². The van der Waals surface area contributed by atoms with Crippen molar-refractivity contribution in [1.82, 2.24) is 4.90 Å². The Hall–Kier alpha value is -2.26. The summed E-state index contributed by atoms with van der Waals surface area (Å²) in [4.78, 5) is 23.6. The Morgan fingerprint density at radius 1 is 1.50 bits per heavy atom. The van der Waals surface area contributed by atoms with Gasteiger partial charge in [0.2, 0.25) is 0 Å². The number of nitriles is 1. The number of urea groups is 1. The number of carbonyl (C=O) groups is 2. The largest absolute Gasteiger partial charge is 0.481 e. The fourth-order valence-corrected chi connectivity index (χ4v) is 1.69. The predicted molar refractivity (Wildman–Crippen MR) is 74.7 cm³/mol. The smallest absolute Gasteiger partial charge is 0.321 e. The maximum absolute atomic E-state index is 11.8. The minimum atomic E-state index is -0.891. The highest BCUT2D eigenvalue weighted by molar-refractivity contribution is 6.32. The van der Waals surface area contributed by atoms with Gasteiger partial charge in [0.05, 0.1) is 10.6 Å². The number of benzene rings is 1. The standard InChI is InChI=1S/C13H14ClN3O3/c1-17(6-2-3-12(18)19)13(20)16-10-5-4-9(8-15)11(14)7-10/h4-5,7H,2-3,6H2,1H3,(H,16,20)(H,18,19). The number of amides is 2. The van der Waals surface area contributed by atoms with Crippen LogP contribution in [0, 0.1) is 11.3 Å². The third-order valence-electron chi connectivity index (χ3n) is 2.57. The van der Waals surface area contributed by atoms with Gasteiger partial charge in [0.25, 0.3) is 0 Å². The molecule has 0 aromatic heterocycles. The van der Waals surface area contributed by atoms with Crippen molar-refractivity contribution in [1.29, 1.82) is 5.26 Å². The van der Waals surface area contributed by atoms with Crippen LogP contribution in [0.4, 0.5) is 10.5 Å². The van der Waals surface area contributed by atoms with E-state index in [-0.39, 0.29) is 17.5 Å². The minimum absolute atomic E-state index is 0.0142. The number of anilines is 1. The van der Waals surface area contributed by atoms with Gasteiger partial charge < -0.3 is 15.3 Å². The normalized spacial score (nSPS) is 9.65. The lowest BCUT2D eigenvalue weighted by Gasteiger charge is -2.17. The number of carbonyl (C=O) groups excluding carboxylic acids is 1. The molecular weight excluding hydrogens is 282 g/mol. The van der Waals surface area contributed by atoms with Crippen LogP contribution in [-0.2, 0) is 4.79 Å². The number of halogens is 1. The van der Waals surface area contributed by atoms with E-state index in [4.69, 9.17) is 22.0 Å². The molecule has 0 fully saturated rings. The number of hydrogen-bond acceptors (Lipinski definition) is 3. The van der Waals surface area contributed by atoms with Crippen molar-refractivity contribution in [2.45, 2.75) is 12.8 Å². The first-order valence-corrected chi connectivity index (χ1v) is 6.25. The summed E-state index contributed by atoms with van der Waals surface area (Å²) in [5.41, 5.74) is 0.809. The van der Waals surface area contributed by atoms with E-state index in [9.17, 15) is 9.59 Å². The quantitative estimate of drug-likeness (QED) is 0.873. The van der Waals surface area contributed by atoms with E-state index < -0.39 is 5.97 Å². The first-order valence-electron chi connectivity index (χ1n) is 5.87. The minimum Gasteiger partial charge on any atom is -0.481 e. The molecule has 0 saturated carbocycles. The maximum atomic E-state index is 11.8. The lowest BCUT2D eigenvalue weighted by atomic mass is 10.2. The Bertz CT molecular complexity index is 554. The number of rotatable bonds is 5. The second-order valence-corrected chi connectivity index (χ2v) is 4.56. The molecule has 0 radical (unpaired) electrons. The Kier molecular flexibility index (Phi) is 5.81. The summed E-state index contributed by atoms with van der Waals surface area (Å²) in [6.45, 7) is 0.335. The number of nitrogens with zero attached hydrogens (tertiary/aromatic N) is 2. The van der Waals surface area contributed by atoms with Crippen molar-refractivity contribution < 1.29 is 14.7 Å². The monoisotopic (exact) mass is 295 g/mol. The average Bonchev–Trinajstić information content (AvgIpc) is 2.38. The highest BCUT2D eigenvalue weighted by atomic mass is 35.5. The van der Waals surface area contributed by atoms with Crippen LogP contribution in [0.15, 0.2) is 18.2 Å². The van der Waals surface area contributed by atoms with Gasteiger partial charge in [-0.25, -0.2) is 4.79 Å². The Labute approximate surface area is 121 Å². The topological polar surface area (TPSA) is 93.4 Å². The molecule has 0 unspecified atom stereocenters. The van der Waals surface area contributed by atoms with E-state index in [0.717, 1.165) is 0 Å². The molecule has 0 aliphatic carbocycles. The van der Waals surface area contributed by atoms with Gasteiger partial charge in [-0.2, -0.15) is 5.26 Å². The molecule has 2 amide bonds. The average molecular weight is 296 g/mol. The van der Waals surface area contributed by atoms with Crippen molar-refractivity contribution >= 4 is 29.3 Å². The van der Waals surface area contributed by atoms with Crippen LogP contribution in [0.1, 0.15) is 18.4 Å². The van der Waals surface area contributed by atoms with Gasteiger partial charge in [-0.1, -0.05) is 11.6 Å². The summed E-state index contributed by atoms with van der Waals surface area (Å²) in [5.74, 6) is -0.891. The van der Waals surface area contributed by atoms with Gasteiger partial charge in [0, 0.05) is 25.7 Å². The first kappa shape index (κ1) is 15.8. The molecule has 0 atom stereocenters. The fraction of sp³-hybridized carbons (Fsp3) is 0.308. The molecule has 0 heterocycles. The zero-order chi connectivity index (χ0) is 15.1. The molecule has 1 aromatic rings. The molecule has 7 heteroatoms. The number of carboxylic acids is 1. The summed E-state index contributed by atoms with van der Waals surface area (Å²) >= 11 is 5.86. The molecule has 0 saturated heterocycles. The van der Waals surface area contributed by atoms with Gasteiger partial charge >= 0.3 is 12.0 Å². The molecule has 0 aliphatic heterocycles. The molecule has 1 rings (SSSR count). The highest BCUT2D eigenvalue weighted by Crippen LogP contribution is 2.20. The van der Waals surface area contributed by atoms with E-state index in [0.29, 0.717) is 24.2 Å². The lowest BCUT2D eigenvalue weighted by molar-refractivity contribution is -0.137. The van der Waals surface area contributed by atoms with E-state index in [1.807, 2.05) is 6.07 Å². The van der Waals surface area contributed by atoms with Crippen LogP contribution in [0.25, 0.3) is 0 Å². The maximum Gasteiger partial charge on any atom is 0.321 e. The zero-order valence-electron chi connectivity index (χ0n) is 10.9.